The molecule has 178 valence electrons. The van der Waals surface area contributed by atoms with Gasteiger partial charge in [0, 0.05) is 31.2 Å². The molecule has 4 heterocycles. The van der Waals surface area contributed by atoms with Crippen LogP contribution in [-0.2, 0) is 11.3 Å². The number of hydrogen-bond acceptors (Lipinski definition) is 7. The van der Waals surface area contributed by atoms with E-state index in [1.807, 2.05) is 18.2 Å². The molecule has 8 heteroatoms. The van der Waals surface area contributed by atoms with Gasteiger partial charge in [0.15, 0.2) is 5.65 Å². The molecule has 0 amide bonds. The Morgan fingerprint density at radius 3 is 2.68 bits per heavy atom. The van der Waals surface area contributed by atoms with Crippen molar-refractivity contribution in [1.82, 2.24) is 19.9 Å². The van der Waals surface area contributed by atoms with E-state index >= 15 is 0 Å². The number of nitrogens with zero attached hydrogens (tertiary/aromatic N) is 4. The quantitative estimate of drug-likeness (QED) is 0.425. The van der Waals surface area contributed by atoms with Crippen LogP contribution in [0.3, 0.4) is 0 Å². The van der Waals surface area contributed by atoms with Gasteiger partial charge in [0.05, 0.1) is 31.0 Å². The van der Waals surface area contributed by atoms with Crippen molar-refractivity contribution < 1.29 is 9.47 Å². The second kappa shape index (κ2) is 9.10. The summed E-state index contributed by atoms with van der Waals surface area (Å²) in [5.74, 6) is 2.85. The molecule has 1 saturated heterocycles. The van der Waals surface area contributed by atoms with Gasteiger partial charge in [-0.05, 0) is 49.1 Å². The molecule has 4 aromatic rings. The van der Waals surface area contributed by atoms with Gasteiger partial charge in [-0.25, -0.2) is 15.0 Å². The number of rotatable bonds is 6. The number of hydrogen-bond donors (Lipinski definition) is 2. The Balaban J connectivity index is 1.41. The van der Waals surface area contributed by atoms with Gasteiger partial charge in [0.25, 0.3) is 0 Å². The highest BCUT2D eigenvalue weighted by Crippen LogP contribution is 2.34. The maximum atomic E-state index is 5.86. The van der Waals surface area contributed by atoms with Crippen LogP contribution in [0.25, 0.3) is 22.1 Å². The molecule has 34 heavy (non-hydrogen) atoms. The molecule has 0 radical (unpaired) electrons. The highest BCUT2D eigenvalue weighted by atomic mass is 16.5. The number of aromatic amines is 1. The molecule has 0 bridgehead atoms. The lowest BCUT2D eigenvalue weighted by Gasteiger charge is -2.36. The van der Waals surface area contributed by atoms with Gasteiger partial charge in [-0.1, -0.05) is 19.9 Å². The van der Waals surface area contributed by atoms with Crippen LogP contribution in [0.4, 0.5) is 11.6 Å². The third-order valence-corrected chi connectivity index (χ3v) is 6.35. The summed E-state index contributed by atoms with van der Waals surface area (Å²) < 4.78 is 11.4. The largest absolute Gasteiger partial charge is 0.495 e. The number of methoxy groups -OCH3 is 1. The summed E-state index contributed by atoms with van der Waals surface area (Å²) in [4.78, 5) is 19.8. The van der Waals surface area contributed by atoms with Crippen molar-refractivity contribution in [1.29, 1.82) is 0 Å². The monoisotopic (exact) mass is 460 g/mol. The SMILES string of the molecule is COc1ccc(CNc2cnc3ccc(N4C[C@@H](C)O[C@@H](C)C4)nc3n2)c2c(C(C)C)c[nH]c12. The Labute approximate surface area is 199 Å². The van der Waals surface area contributed by atoms with Crippen LogP contribution in [0.15, 0.2) is 36.7 Å². The first-order chi connectivity index (χ1) is 16.4. The minimum absolute atomic E-state index is 0.172. The Bertz CT molecular complexity index is 1310. The lowest BCUT2D eigenvalue weighted by molar-refractivity contribution is -0.00544. The molecule has 3 aromatic heterocycles. The maximum absolute atomic E-state index is 5.86. The van der Waals surface area contributed by atoms with Crippen molar-refractivity contribution in [3.05, 3.63) is 47.8 Å². The molecule has 8 nitrogen and oxygen atoms in total. The van der Waals surface area contributed by atoms with E-state index < -0.39 is 0 Å². The molecule has 5 rings (SSSR count). The van der Waals surface area contributed by atoms with Crippen molar-refractivity contribution in [2.45, 2.75) is 52.4 Å². The highest BCUT2D eigenvalue weighted by molar-refractivity contribution is 5.92. The lowest BCUT2D eigenvalue weighted by atomic mass is 9.98. The van der Waals surface area contributed by atoms with E-state index in [-0.39, 0.29) is 12.2 Å². The molecule has 1 aromatic carbocycles. The zero-order valence-electron chi connectivity index (χ0n) is 20.4. The van der Waals surface area contributed by atoms with Crippen molar-refractivity contribution in [2.24, 2.45) is 0 Å². The number of H-pyrrole nitrogens is 1. The topological polar surface area (TPSA) is 88.2 Å². The van der Waals surface area contributed by atoms with Gasteiger partial charge in [0.1, 0.15) is 22.9 Å². The predicted octanol–water partition coefficient (Wildman–Crippen LogP) is 4.86. The van der Waals surface area contributed by atoms with E-state index in [0.29, 0.717) is 23.9 Å². The third kappa shape index (κ3) is 4.25. The molecule has 2 N–H and O–H groups in total. The molecule has 1 aliphatic heterocycles. The highest BCUT2D eigenvalue weighted by Gasteiger charge is 2.23. The number of benzene rings is 1. The van der Waals surface area contributed by atoms with Gasteiger partial charge in [0.2, 0.25) is 0 Å². The van der Waals surface area contributed by atoms with Crippen molar-refractivity contribution in [3.8, 4) is 5.75 Å². The summed E-state index contributed by atoms with van der Waals surface area (Å²) in [5, 5.41) is 4.65. The Morgan fingerprint density at radius 1 is 1.15 bits per heavy atom. The fourth-order valence-electron chi connectivity index (χ4n) is 4.79. The van der Waals surface area contributed by atoms with Gasteiger partial charge in [-0.15, -0.1) is 0 Å². The zero-order valence-corrected chi connectivity index (χ0v) is 20.4. The standard InChI is InChI=1S/C26H32N6O2/c1-15(2)19-11-29-25-21(33-5)8-6-18(24(19)25)10-28-22-12-27-20-7-9-23(31-26(20)30-22)32-13-16(3)34-17(4)14-32/h6-9,11-12,15-17,29H,10,13-14H2,1-5H3,(H,28,30,31)/t16-,17+. The molecule has 1 aliphatic rings. The number of pyridine rings is 1. The second-order valence-electron chi connectivity index (χ2n) is 9.36. The first kappa shape index (κ1) is 22.4. The summed E-state index contributed by atoms with van der Waals surface area (Å²) in [6, 6.07) is 8.12. The molecule has 0 unspecified atom stereocenters. The molecule has 2 atom stereocenters. The van der Waals surface area contributed by atoms with Crippen LogP contribution in [0.2, 0.25) is 0 Å². The van der Waals surface area contributed by atoms with Gasteiger partial charge >= 0.3 is 0 Å². The Morgan fingerprint density at radius 2 is 1.94 bits per heavy atom. The van der Waals surface area contributed by atoms with E-state index in [9.17, 15) is 0 Å². The zero-order chi connectivity index (χ0) is 23.8. The number of morpholine rings is 1. The van der Waals surface area contributed by atoms with Gasteiger partial charge in [-0.3, -0.25) is 0 Å². The van der Waals surface area contributed by atoms with Crippen molar-refractivity contribution in [2.75, 3.05) is 30.4 Å². The first-order valence-electron chi connectivity index (χ1n) is 11.9. The van der Waals surface area contributed by atoms with Crippen LogP contribution in [0.1, 0.15) is 44.7 Å². The van der Waals surface area contributed by atoms with Crippen molar-refractivity contribution >= 4 is 33.7 Å². The Kier molecular flexibility index (Phi) is 6.00. The van der Waals surface area contributed by atoms with Gasteiger partial charge < -0.3 is 24.7 Å². The summed E-state index contributed by atoms with van der Waals surface area (Å²) >= 11 is 0. The smallest absolute Gasteiger partial charge is 0.182 e. The normalized spacial score (nSPS) is 18.7. The van der Waals surface area contributed by atoms with Gasteiger partial charge in [-0.2, -0.15) is 0 Å². The van der Waals surface area contributed by atoms with Crippen LogP contribution in [-0.4, -0.2) is 52.3 Å². The Hall–Kier alpha value is -3.39. The maximum Gasteiger partial charge on any atom is 0.182 e. The predicted molar refractivity (Wildman–Crippen MR) is 136 cm³/mol. The van der Waals surface area contributed by atoms with E-state index in [1.165, 1.54) is 16.5 Å². The molecule has 1 fully saturated rings. The number of aromatic nitrogens is 4. The van der Waals surface area contributed by atoms with Crippen LogP contribution in [0, 0.1) is 0 Å². The van der Waals surface area contributed by atoms with Crippen LogP contribution in [0.5, 0.6) is 5.75 Å². The van der Waals surface area contributed by atoms with E-state index in [2.05, 4.69) is 60.1 Å². The molecule has 0 spiro atoms. The average molecular weight is 461 g/mol. The number of fused-ring (bicyclic) bond motifs is 2. The second-order valence-corrected chi connectivity index (χ2v) is 9.36. The molecular weight excluding hydrogens is 428 g/mol. The van der Waals surface area contributed by atoms with Crippen molar-refractivity contribution in [3.63, 3.8) is 0 Å². The number of nitrogens with one attached hydrogen (secondary N) is 2. The third-order valence-electron chi connectivity index (χ3n) is 6.35. The number of anilines is 2. The fraction of sp³-hybridized carbons (Fsp3) is 0.423. The summed E-state index contributed by atoms with van der Waals surface area (Å²) in [5.41, 5.74) is 4.90. The molecular formula is C26H32N6O2. The lowest BCUT2D eigenvalue weighted by Crippen LogP contribution is -2.45. The number of ether oxygens (including phenoxy) is 2. The van der Waals surface area contributed by atoms with Crippen LogP contribution < -0.4 is 15.0 Å². The summed E-state index contributed by atoms with van der Waals surface area (Å²) in [6.45, 7) is 10.8. The molecule has 0 aliphatic carbocycles. The van der Waals surface area contributed by atoms with E-state index in [4.69, 9.17) is 19.4 Å². The minimum Gasteiger partial charge on any atom is -0.495 e. The summed E-state index contributed by atoms with van der Waals surface area (Å²) in [7, 11) is 1.70. The van der Waals surface area contributed by atoms with E-state index in [0.717, 1.165) is 35.7 Å². The molecule has 0 saturated carbocycles. The average Bonchev–Trinajstić information content (AvgIpc) is 3.27. The van der Waals surface area contributed by atoms with Crippen LogP contribution >= 0.6 is 0 Å². The fourth-order valence-corrected chi connectivity index (χ4v) is 4.79. The summed E-state index contributed by atoms with van der Waals surface area (Å²) in [6.07, 6.45) is 4.19. The first-order valence-corrected chi connectivity index (χ1v) is 11.9. The van der Waals surface area contributed by atoms with E-state index in [1.54, 1.807) is 13.3 Å². The minimum atomic E-state index is 0.172.